The molecule has 1 rings (SSSR count). The largest absolute Gasteiger partial charge is 0.331 e. The number of amides is 2. The van der Waals surface area contributed by atoms with Crippen molar-refractivity contribution in [2.45, 2.75) is 32.7 Å². The second-order valence-electron chi connectivity index (χ2n) is 5.00. The first-order valence-electron chi connectivity index (χ1n) is 6.38. The third-order valence-corrected chi connectivity index (χ3v) is 3.26. The van der Waals surface area contributed by atoms with Gasteiger partial charge in [0.2, 0.25) is 0 Å². The van der Waals surface area contributed by atoms with Gasteiger partial charge in [-0.3, -0.25) is 14.4 Å². The van der Waals surface area contributed by atoms with E-state index in [1.807, 2.05) is 6.92 Å². The normalized spacial score (nSPS) is 23.5. The lowest BCUT2D eigenvalue weighted by Gasteiger charge is -2.36. The van der Waals surface area contributed by atoms with Crippen LogP contribution in [-0.4, -0.2) is 59.9 Å². The number of nitrogens with zero attached hydrogens (tertiary/aromatic N) is 2. The van der Waals surface area contributed by atoms with Crippen molar-refractivity contribution in [3.05, 3.63) is 0 Å². The smallest absolute Gasteiger partial charge is 0.320 e. The zero-order valence-electron chi connectivity index (χ0n) is 11.8. The maximum absolute atomic E-state index is 12.1. The number of likely N-dealkylation sites (tertiary alicyclic amines) is 1. The summed E-state index contributed by atoms with van der Waals surface area (Å²) >= 11 is 0. The number of urea groups is 1. The van der Waals surface area contributed by atoms with Crippen molar-refractivity contribution in [2.75, 3.05) is 20.6 Å². The molecule has 0 aromatic carbocycles. The third-order valence-electron chi connectivity index (χ3n) is 3.26. The second-order valence-corrected chi connectivity index (χ2v) is 5.00. The number of carbonyl (C=O) groups is 4. The Morgan fingerprint density at radius 1 is 1.32 bits per heavy atom. The predicted molar refractivity (Wildman–Crippen MR) is 68.7 cm³/mol. The van der Waals surface area contributed by atoms with Crippen molar-refractivity contribution in [1.29, 1.82) is 0 Å². The number of Topliss-reactive ketones (excluding diaryl/α,β-unsaturated/α-hetero) is 3. The predicted octanol–water partition coefficient (Wildman–Crippen LogP) is 0.496. The van der Waals surface area contributed by atoms with E-state index in [1.54, 1.807) is 21.0 Å². The first kappa shape index (κ1) is 15.3. The zero-order chi connectivity index (χ0) is 14.7. The number of rotatable bonds is 3. The molecule has 1 aliphatic rings. The fraction of sp³-hybridized carbons (Fsp3) is 0.692. The lowest BCUT2D eigenvalue weighted by Crippen LogP contribution is -2.59. The highest BCUT2D eigenvalue weighted by molar-refractivity contribution is 6.23. The summed E-state index contributed by atoms with van der Waals surface area (Å²) in [4.78, 5) is 50.3. The Balaban J connectivity index is 2.93. The summed E-state index contributed by atoms with van der Waals surface area (Å²) in [6, 6.07) is -1.13. The molecular weight excluding hydrogens is 248 g/mol. The Hall–Kier alpha value is -1.72. The SMILES string of the molecule is CCCC(=O)C1C(=O)CN(C(=O)N(C)C)C(C)C1=O. The Bertz CT molecular complexity index is 417. The van der Waals surface area contributed by atoms with Crippen LogP contribution >= 0.6 is 0 Å². The Morgan fingerprint density at radius 2 is 1.89 bits per heavy atom. The Morgan fingerprint density at radius 3 is 2.37 bits per heavy atom. The average molecular weight is 268 g/mol. The van der Waals surface area contributed by atoms with Crippen molar-refractivity contribution in [3.63, 3.8) is 0 Å². The lowest BCUT2D eigenvalue weighted by molar-refractivity contribution is -0.146. The second kappa shape index (κ2) is 5.95. The van der Waals surface area contributed by atoms with Crippen LogP contribution in [-0.2, 0) is 14.4 Å². The topological polar surface area (TPSA) is 74.8 Å². The van der Waals surface area contributed by atoms with Gasteiger partial charge in [-0.2, -0.15) is 0 Å². The quantitative estimate of drug-likeness (QED) is 0.698. The van der Waals surface area contributed by atoms with Gasteiger partial charge in [0.25, 0.3) is 0 Å². The van der Waals surface area contributed by atoms with E-state index in [1.165, 1.54) is 9.80 Å². The van der Waals surface area contributed by atoms with E-state index < -0.39 is 29.6 Å². The maximum Gasteiger partial charge on any atom is 0.320 e. The molecule has 1 saturated heterocycles. The van der Waals surface area contributed by atoms with Crippen molar-refractivity contribution >= 4 is 23.4 Å². The van der Waals surface area contributed by atoms with E-state index in [-0.39, 0.29) is 18.7 Å². The van der Waals surface area contributed by atoms with Gasteiger partial charge in [-0.1, -0.05) is 6.92 Å². The molecule has 1 heterocycles. The average Bonchev–Trinajstić information content (AvgIpc) is 2.33. The molecule has 0 N–H and O–H groups in total. The van der Waals surface area contributed by atoms with Crippen LogP contribution in [0.25, 0.3) is 0 Å². The number of hydrogen-bond acceptors (Lipinski definition) is 4. The van der Waals surface area contributed by atoms with Crippen molar-refractivity contribution < 1.29 is 19.2 Å². The molecular formula is C13H20N2O4. The highest BCUT2D eigenvalue weighted by Crippen LogP contribution is 2.20. The number of piperidine rings is 1. The summed E-state index contributed by atoms with van der Waals surface area (Å²) in [7, 11) is 3.11. The molecule has 0 radical (unpaired) electrons. The van der Waals surface area contributed by atoms with Crippen LogP contribution < -0.4 is 0 Å². The zero-order valence-corrected chi connectivity index (χ0v) is 11.8. The molecule has 0 aromatic heterocycles. The van der Waals surface area contributed by atoms with Gasteiger partial charge in [-0.25, -0.2) is 4.79 Å². The molecule has 19 heavy (non-hydrogen) atoms. The highest BCUT2D eigenvalue weighted by atomic mass is 16.2. The molecule has 2 atom stereocenters. The van der Waals surface area contributed by atoms with E-state index in [9.17, 15) is 19.2 Å². The fourth-order valence-corrected chi connectivity index (χ4v) is 2.17. The molecule has 0 aliphatic carbocycles. The van der Waals surface area contributed by atoms with Gasteiger partial charge in [0.15, 0.2) is 17.3 Å². The van der Waals surface area contributed by atoms with E-state index >= 15 is 0 Å². The van der Waals surface area contributed by atoms with Crippen LogP contribution in [0.1, 0.15) is 26.7 Å². The summed E-state index contributed by atoms with van der Waals surface area (Å²) in [6.07, 6.45) is 0.821. The van der Waals surface area contributed by atoms with Gasteiger partial charge < -0.3 is 9.80 Å². The van der Waals surface area contributed by atoms with Crippen molar-refractivity contribution in [1.82, 2.24) is 9.80 Å². The monoisotopic (exact) mass is 268 g/mol. The van der Waals surface area contributed by atoms with Gasteiger partial charge in [-0.15, -0.1) is 0 Å². The van der Waals surface area contributed by atoms with E-state index in [0.717, 1.165) is 0 Å². The molecule has 0 aromatic rings. The molecule has 0 bridgehead atoms. The summed E-state index contributed by atoms with van der Waals surface area (Å²) in [5.41, 5.74) is 0. The molecule has 1 aliphatic heterocycles. The standard InChI is InChI=1S/C13H20N2O4/c1-5-6-9(16)11-10(17)7-15(8(2)12(11)18)13(19)14(3)4/h8,11H,5-7H2,1-4H3. The maximum atomic E-state index is 12.1. The number of hydrogen-bond donors (Lipinski definition) is 0. The molecule has 6 heteroatoms. The first-order valence-corrected chi connectivity index (χ1v) is 6.38. The van der Waals surface area contributed by atoms with Gasteiger partial charge >= 0.3 is 6.03 Å². The van der Waals surface area contributed by atoms with Crippen molar-refractivity contribution in [3.8, 4) is 0 Å². The highest BCUT2D eigenvalue weighted by Gasteiger charge is 2.44. The van der Waals surface area contributed by atoms with Gasteiger partial charge in [0.05, 0.1) is 12.6 Å². The number of ketones is 3. The molecule has 0 saturated carbocycles. The van der Waals surface area contributed by atoms with Gasteiger partial charge in [-0.05, 0) is 13.3 Å². The Labute approximate surface area is 112 Å². The van der Waals surface area contributed by atoms with Crippen LogP contribution in [0.2, 0.25) is 0 Å². The molecule has 106 valence electrons. The summed E-state index contributed by atoms with van der Waals surface area (Å²) in [5, 5.41) is 0. The molecule has 2 unspecified atom stereocenters. The minimum atomic E-state index is -1.18. The fourth-order valence-electron chi connectivity index (χ4n) is 2.17. The Kier molecular flexibility index (Phi) is 4.80. The summed E-state index contributed by atoms with van der Waals surface area (Å²) < 4.78 is 0. The van der Waals surface area contributed by atoms with Crippen LogP contribution in [0.4, 0.5) is 4.79 Å². The van der Waals surface area contributed by atoms with Crippen LogP contribution in [0.3, 0.4) is 0 Å². The van der Waals surface area contributed by atoms with E-state index in [2.05, 4.69) is 0 Å². The molecule has 2 amide bonds. The van der Waals surface area contributed by atoms with Crippen LogP contribution in [0, 0.1) is 5.92 Å². The molecule has 6 nitrogen and oxygen atoms in total. The summed E-state index contributed by atoms with van der Waals surface area (Å²) in [5.74, 6) is -2.45. The minimum Gasteiger partial charge on any atom is -0.331 e. The van der Waals surface area contributed by atoms with Gasteiger partial charge in [0.1, 0.15) is 5.92 Å². The van der Waals surface area contributed by atoms with Gasteiger partial charge in [0, 0.05) is 20.5 Å². The first-order chi connectivity index (χ1) is 8.81. The number of carbonyl (C=O) groups excluding carboxylic acids is 4. The molecule has 0 spiro atoms. The third kappa shape index (κ3) is 3.00. The van der Waals surface area contributed by atoms with Crippen LogP contribution in [0.5, 0.6) is 0 Å². The minimum absolute atomic E-state index is 0.177. The van der Waals surface area contributed by atoms with Crippen molar-refractivity contribution in [2.24, 2.45) is 5.92 Å². The van der Waals surface area contributed by atoms with E-state index in [0.29, 0.717) is 6.42 Å². The molecule has 1 fully saturated rings. The lowest BCUT2D eigenvalue weighted by atomic mass is 9.84. The van der Waals surface area contributed by atoms with E-state index in [4.69, 9.17) is 0 Å². The van der Waals surface area contributed by atoms with Crippen LogP contribution in [0.15, 0.2) is 0 Å². The summed E-state index contributed by atoms with van der Waals surface area (Å²) in [6.45, 7) is 3.20.